The van der Waals surface area contributed by atoms with Crippen LogP contribution in [-0.4, -0.2) is 61.1 Å². The lowest BCUT2D eigenvalue weighted by molar-refractivity contribution is -0.138. The summed E-state index contributed by atoms with van der Waals surface area (Å²) in [6.07, 6.45) is 3.28. The van der Waals surface area contributed by atoms with Crippen LogP contribution in [0.25, 0.3) is 11.0 Å². The zero-order valence-corrected chi connectivity index (χ0v) is 20.5. The first-order valence-corrected chi connectivity index (χ1v) is 12.4. The topological polar surface area (TPSA) is 58.4 Å². The predicted octanol–water partition coefficient (Wildman–Crippen LogP) is 4.56. The van der Waals surface area contributed by atoms with Crippen molar-refractivity contribution in [3.63, 3.8) is 0 Å². The fourth-order valence-electron chi connectivity index (χ4n) is 4.82. The predicted molar refractivity (Wildman–Crippen MR) is 127 cm³/mol. The third-order valence-corrected chi connectivity index (χ3v) is 7.08. The minimum Gasteiger partial charge on any atom is -0.337 e. The summed E-state index contributed by atoms with van der Waals surface area (Å²) in [6, 6.07) is 8.70. The second-order valence-electron chi connectivity index (χ2n) is 9.18. The van der Waals surface area contributed by atoms with Crippen LogP contribution in [0.3, 0.4) is 0 Å². The monoisotopic (exact) mass is 444 g/mol. The van der Waals surface area contributed by atoms with E-state index in [4.69, 9.17) is 4.98 Å². The van der Waals surface area contributed by atoms with Gasteiger partial charge in [0.1, 0.15) is 6.54 Å². The molecule has 0 N–H and O–H groups in total. The van der Waals surface area contributed by atoms with Crippen molar-refractivity contribution in [1.29, 1.82) is 0 Å². The van der Waals surface area contributed by atoms with Crippen LogP contribution in [0.5, 0.6) is 0 Å². The molecule has 7 heteroatoms. The van der Waals surface area contributed by atoms with E-state index in [1.807, 2.05) is 66.3 Å². The molecular formula is C24H36N4O2S. The molecule has 1 aliphatic heterocycles. The second-order valence-corrected chi connectivity index (χ2v) is 10.1. The molecule has 0 radical (unpaired) electrons. The molecule has 2 heterocycles. The van der Waals surface area contributed by atoms with Crippen LogP contribution >= 0.6 is 11.8 Å². The Morgan fingerprint density at radius 2 is 1.71 bits per heavy atom. The van der Waals surface area contributed by atoms with Gasteiger partial charge in [0.2, 0.25) is 11.8 Å². The van der Waals surface area contributed by atoms with Crippen LogP contribution in [0, 0.1) is 0 Å². The number of carbonyl (C=O) groups is 2. The third-order valence-electron chi connectivity index (χ3n) is 6.12. The van der Waals surface area contributed by atoms with Crippen LogP contribution in [0.15, 0.2) is 29.4 Å². The number of likely N-dealkylation sites (tertiary alicyclic amines) is 1. The van der Waals surface area contributed by atoms with Crippen molar-refractivity contribution in [2.75, 3.05) is 5.75 Å². The summed E-state index contributed by atoms with van der Waals surface area (Å²) in [4.78, 5) is 34.9. The lowest BCUT2D eigenvalue weighted by Gasteiger charge is -2.39. The maximum absolute atomic E-state index is 13.3. The number of amides is 2. The van der Waals surface area contributed by atoms with Gasteiger partial charge in [0.15, 0.2) is 5.16 Å². The van der Waals surface area contributed by atoms with Crippen molar-refractivity contribution in [2.45, 2.75) is 96.7 Å². The van der Waals surface area contributed by atoms with Gasteiger partial charge in [-0.1, -0.05) is 23.9 Å². The van der Waals surface area contributed by atoms with Gasteiger partial charge in [0.25, 0.3) is 0 Å². The van der Waals surface area contributed by atoms with Gasteiger partial charge in [0.05, 0.1) is 16.8 Å². The van der Waals surface area contributed by atoms with Gasteiger partial charge >= 0.3 is 0 Å². The van der Waals surface area contributed by atoms with E-state index in [9.17, 15) is 9.59 Å². The molecule has 2 atom stereocenters. The van der Waals surface area contributed by atoms with E-state index < -0.39 is 0 Å². The van der Waals surface area contributed by atoms with Crippen molar-refractivity contribution in [2.24, 2.45) is 0 Å². The molecule has 0 spiro atoms. The molecule has 1 aliphatic rings. The molecule has 6 nitrogen and oxygen atoms in total. The first-order valence-electron chi connectivity index (χ1n) is 11.4. The number of fused-ring (bicyclic) bond motifs is 1. The van der Waals surface area contributed by atoms with E-state index in [1.165, 1.54) is 18.2 Å². The van der Waals surface area contributed by atoms with Gasteiger partial charge in [-0.2, -0.15) is 0 Å². The van der Waals surface area contributed by atoms with E-state index in [0.29, 0.717) is 5.75 Å². The fourth-order valence-corrected chi connectivity index (χ4v) is 5.70. The van der Waals surface area contributed by atoms with Crippen LogP contribution in [-0.2, 0) is 16.1 Å². The Kier molecular flexibility index (Phi) is 7.68. The molecule has 3 rings (SSSR count). The van der Waals surface area contributed by atoms with E-state index in [0.717, 1.165) is 29.0 Å². The number of hydrogen-bond acceptors (Lipinski definition) is 4. The average Bonchev–Trinajstić information content (AvgIpc) is 3.03. The number of carbonyl (C=O) groups excluding carboxylic acids is 2. The SMILES string of the molecule is CC(C)N(C(=O)CSc1nc2ccccc2n1CC(=O)N1C(C)CCCC1C)C(C)C. The highest BCUT2D eigenvalue weighted by molar-refractivity contribution is 7.99. The normalized spacial score (nSPS) is 19.4. The number of aromatic nitrogens is 2. The van der Waals surface area contributed by atoms with Crippen molar-refractivity contribution in [1.82, 2.24) is 19.4 Å². The Labute approximate surface area is 190 Å². The average molecular weight is 445 g/mol. The first-order chi connectivity index (χ1) is 14.7. The number of nitrogens with zero attached hydrogens (tertiary/aromatic N) is 4. The summed E-state index contributed by atoms with van der Waals surface area (Å²) in [5.74, 6) is 0.532. The minimum atomic E-state index is 0.0956. The molecule has 2 unspecified atom stereocenters. The van der Waals surface area contributed by atoms with E-state index >= 15 is 0 Å². The summed E-state index contributed by atoms with van der Waals surface area (Å²) in [5, 5.41) is 0.729. The largest absolute Gasteiger partial charge is 0.337 e. The zero-order valence-electron chi connectivity index (χ0n) is 19.7. The summed E-state index contributed by atoms with van der Waals surface area (Å²) >= 11 is 1.42. The molecule has 1 aromatic carbocycles. The van der Waals surface area contributed by atoms with Crippen LogP contribution in [0.1, 0.15) is 60.8 Å². The Hall–Kier alpha value is -2.02. The number of rotatable bonds is 7. The quantitative estimate of drug-likeness (QED) is 0.587. The summed E-state index contributed by atoms with van der Waals surface area (Å²) in [7, 11) is 0. The van der Waals surface area contributed by atoms with E-state index in [-0.39, 0.29) is 42.5 Å². The Bertz CT molecular complexity index is 905. The highest BCUT2D eigenvalue weighted by Gasteiger charge is 2.30. The summed E-state index contributed by atoms with van der Waals surface area (Å²) in [5.41, 5.74) is 1.79. The van der Waals surface area contributed by atoms with E-state index in [2.05, 4.69) is 13.8 Å². The summed E-state index contributed by atoms with van der Waals surface area (Å²) in [6.45, 7) is 12.7. The highest BCUT2D eigenvalue weighted by Crippen LogP contribution is 2.27. The molecule has 2 amide bonds. The van der Waals surface area contributed by atoms with Gasteiger partial charge in [-0.05, 0) is 72.9 Å². The van der Waals surface area contributed by atoms with Gasteiger partial charge < -0.3 is 14.4 Å². The van der Waals surface area contributed by atoms with E-state index in [1.54, 1.807) is 0 Å². The lowest BCUT2D eigenvalue weighted by Crippen LogP contribution is -2.48. The van der Waals surface area contributed by atoms with Crippen molar-refractivity contribution < 1.29 is 9.59 Å². The Morgan fingerprint density at radius 3 is 2.32 bits per heavy atom. The first kappa shape index (κ1) is 23.6. The molecule has 0 saturated carbocycles. The van der Waals surface area contributed by atoms with Crippen molar-refractivity contribution >= 4 is 34.6 Å². The van der Waals surface area contributed by atoms with Crippen molar-refractivity contribution in [3.8, 4) is 0 Å². The summed E-state index contributed by atoms with van der Waals surface area (Å²) < 4.78 is 1.98. The van der Waals surface area contributed by atoms with Gasteiger partial charge in [-0.3, -0.25) is 9.59 Å². The number of benzene rings is 1. The lowest BCUT2D eigenvalue weighted by atomic mass is 9.97. The van der Waals surface area contributed by atoms with Crippen molar-refractivity contribution in [3.05, 3.63) is 24.3 Å². The maximum Gasteiger partial charge on any atom is 0.243 e. The molecule has 0 aliphatic carbocycles. The number of imidazole rings is 1. The molecule has 170 valence electrons. The molecular weight excluding hydrogens is 408 g/mol. The molecule has 1 saturated heterocycles. The second kappa shape index (κ2) is 10.1. The number of hydrogen-bond donors (Lipinski definition) is 0. The maximum atomic E-state index is 13.3. The van der Waals surface area contributed by atoms with Crippen LogP contribution in [0.4, 0.5) is 0 Å². The molecule has 2 aromatic rings. The third kappa shape index (κ3) is 5.25. The molecule has 1 fully saturated rings. The molecule has 31 heavy (non-hydrogen) atoms. The van der Waals surface area contributed by atoms with Gasteiger partial charge in [-0.15, -0.1) is 0 Å². The fraction of sp³-hybridized carbons (Fsp3) is 0.625. The van der Waals surface area contributed by atoms with Gasteiger partial charge in [0, 0.05) is 24.2 Å². The minimum absolute atomic E-state index is 0.0956. The standard InChI is InChI=1S/C24H36N4O2S/c1-16(2)27(17(3)4)23(30)15-31-24-25-20-12-7-8-13-21(20)26(24)14-22(29)28-18(5)10-9-11-19(28)6/h7-8,12-13,16-19H,9-11,14-15H2,1-6H3. The highest BCUT2D eigenvalue weighted by atomic mass is 32.2. The van der Waals surface area contributed by atoms with Gasteiger partial charge in [-0.25, -0.2) is 4.98 Å². The molecule has 1 aromatic heterocycles. The smallest absolute Gasteiger partial charge is 0.243 e. The number of para-hydroxylation sites is 2. The Morgan fingerprint density at radius 1 is 1.10 bits per heavy atom. The van der Waals surface area contributed by atoms with Crippen LogP contribution in [0.2, 0.25) is 0 Å². The number of piperidine rings is 1. The van der Waals surface area contributed by atoms with Crippen LogP contribution < -0.4 is 0 Å². The molecule has 0 bridgehead atoms. The zero-order chi connectivity index (χ0) is 22.7. The Balaban J connectivity index is 1.83. The number of thioether (sulfide) groups is 1.